The number of carbonyl (C=O) groups is 1. The number of aromatic nitrogens is 2. The smallest absolute Gasteiger partial charge is 0.271 e. The van der Waals surface area contributed by atoms with Gasteiger partial charge in [0, 0.05) is 57.0 Å². The molecule has 3 heterocycles. The second-order valence-electron chi connectivity index (χ2n) is 11.7. The summed E-state index contributed by atoms with van der Waals surface area (Å²) < 4.78 is 5.75. The van der Waals surface area contributed by atoms with Crippen LogP contribution >= 0.6 is 0 Å². The molecule has 11 nitrogen and oxygen atoms in total. The van der Waals surface area contributed by atoms with Gasteiger partial charge in [-0.15, -0.1) is 0 Å². The maximum Gasteiger partial charge on any atom is 0.271 e. The third-order valence-electron chi connectivity index (χ3n) is 8.87. The number of aryl methyl sites for hydroxylation is 1. The normalized spacial score (nSPS) is 22.9. The molecule has 3 fully saturated rings. The molecule has 2 saturated heterocycles. The van der Waals surface area contributed by atoms with Crippen LogP contribution in [0.5, 0.6) is 5.75 Å². The van der Waals surface area contributed by atoms with Crippen LogP contribution in [0.4, 0.5) is 23.0 Å². The highest BCUT2D eigenvalue weighted by Gasteiger charge is 2.28. The number of benzene rings is 1. The van der Waals surface area contributed by atoms with Gasteiger partial charge in [-0.25, -0.2) is 9.97 Å². The molecule has 1 aliphatic carbocycles. The second-order valence-corrected chi connectivity index (χ2v) is 11.7. The first-order valence-corrected chi connectivity index (χ1v) is 15.1. The lowest BCUT2D eigenvalue weighted by molar-refractivity contribution is 0.0981. The van der Waals surface area contributed by atoms with E-state index in [0.29, 0.717) is 29.8 Å². The molecule has 1 saturated carbocycles. The Morgan fingerprint density at radius 2 is 1.73 bits per heavy atom. The molecule has 2 aromatic rings. The SMILES string of the molecule is CCc1nc(C(N)=O)c(Nc2ccc(OC)c(N3CCC(N4CCN(C)CC4)CC3)c2)nc1NC1CCC(O)CC1. The van der Waals surface area contributed by atoms with Gasteiger partial charge in [-0.05, 0) is 70.2 Å². The Balaban J connectivity index is 1.34. The standard InChI is InChI=1S/C30H46N8O3/c1-4-24-29(32-20-5-8-23(39)9-6-20)35-30(27(34-24)28(31)40)33-21-7-10-26(41-3)25(19-21)38-13-11-22(12-14-38)37-17-15-36(2)16-18-37/h7,10,19-20,22-23,39H,4-6,8-9,11-18H2,1-3H3,(H2,31,40)(H2,32,33,35). The van der Waals surface area contributed by atoms with Crippen molar-refractivity contribution in [3.05, 3.63) is 29.6 Å². The number of aliphatic hydroxyl groups excluding tert-OH is 1. The molecule has 0 unspecified atom stereocenters. The molecule has 0 bridgehead atoms. The van der Waals surface area contributed by atoms with E-state index in [1.165, 1.54) is 0 Å². The number of ether oxygens (including phenoxy) is 1. The molecule has 5 N–H and O–H groups in total. The molecule has 5 rings (SSSR count). The quantitative estimate of drug-likeness (QED) is 0.359. The minimum Gasteiger partial charge on any atom is -0.495 e. The largest absolute Gasteiger partial charge is 0.495 e. The van der Waals surface area contributed by atoms with E-state index < -0.39 is 5.91 Å². The molecule has 0 spiro atoms. The van der Waals surface area contributed by atoms with Crippen LogP contribution in [0.25, 0.3) is 0 Å². The van der Waals surface area contributed by atoms with Crippen LogP contribution in [0, 0.1) is 0 Å². The highest BCUT2D eigenvalue weighted by molar-refractivity contribution is 5.96. The highest BCUT2D eigenvalue weighted by Crippen LogP contribution is 2.35. The fraction of sp³-hybridized carbons (Fsp3) is 0.633. The fourth-order valence-corrected chi connectivity index (χ4v) is 6.32. The first kappa shape index (κ1) is 29.3. The van der Waals surface area contributed by atoms with Gasteiger partial charge in [0.05, 0.1) is 24.6 Å². The molecular formula is C30H46N8O3. The Hall–Kier alpha value is -3.15. The van der Waals surface area contributed by atoms with Crippen LogP contribution in [0.15, 0.2) is 18.2 Å². The first-order valence-electron chi connectivity index (χ1n) is 15.1. The first-order chi connectivity index (χ1) is 19.8. The number of carbonyl (C=O) groups excluding carboxylic acids is 1. The zero-order chi connectivity index (χ0) is 28.9. The number of likely N-dealkylation sites (N-methyl/N-ethyl adjacent to an activating group) is 1. The third kappa shape index (κ3) is 7.02. The van der Waals surface area contributed by atoms with Gasteiger partial charge >= 0.3 is 0 Å². The molecular weight excluding hydrogens is 520 g/mol. The predicted molar refractivity (Wildman–Crippen MR) is 162 cm³/mol. The van der Waals surface area contributed by atoms with Gasteiger partial charge in [-0.2, -0.15) is 0 Å². The molecule has 1 aromatic carbocycles. The maximum atomic E-state index is 12.4. The number of aliphatic hydroxyl groups is 1. The monoisotopic (exact) mass is 566 g/mol. The Labute approximate surface area is 243 Å². The molecule has 224 valence electrons. The van der Waals surface area contributed by atoms with Gasteiger partial charge in [-0.1, -0.05) is 6.92 Å². The number of amides is 1. The summed E-state index contributed by atoms with van der Waals surface area (Å²) in [6, 6.07) is 6.76. The van der Waals surface area contributed by atoms with Crippen molar-refractivity contribution in [2.45, 2.75) is 70.1 Å². The number of piperazine rings is 1. The Morgan fingerprint density at radius 1 is 1.02 bits per heavy atom. The number of anilines is 4. The number of hydrogen-bond donors (Lipinski definition) is 4. The topological polar surface area (TPSA) is 132 Å². The van der Waals surface area contributed by atoms with Crippen LogP contribution in [-0.2, 0) is 6.42 Å². The Kier molecular flexibility index (Phi) is 9.46. The summed E-state index contributed by atoms with van der Waals surface area (Å²) in [7, 11) is 3.90. The van der Waals surface area contributed by atoms with Crippen LogP contribution < -0.4 is 26.0 Å². The zero-order valence-electron chi connectivity index (χ0n) is 24.7. The van der Waals surface area contributed by atoms with Gasteiger partial charge < -0.3 is 36.0 Å². The Morgan fingerprint density at radius 3 is 2.37 bits per heavy atom. The van der Waals surface area contributed by atoms with Gasteiger partial charge in [0.1, 0.15) is 11.6 Å². The lowest BCUT2D eigenvalue weighted by Gasteiger charge is -2.42. The third-order valence-corrected chi connectivity index (χ3v) is 8.87. The van der Waals surface area contributed by atoms with Crippen molar-refractivity contribution in [2.75, 3.05) is 69.0 Å². The highest BCUT2D eigenvalue weighted by atomic mass is 16.5. The van der Waals surface area contributed by atoms with Crippen molar-refractivity contribution in [3.63, 3.8) is 0 Å². The number of primary amides is 1. The van der Waals surface area contributed by atoms with E-state index in [9.17, 15) is 9.90 Å². The summed E-state index contributed by atoms with van der Waals surface area (Å²) in [5.74, 6) is 1.18. The summed E-state index contributed by atoms with van der Waals surface area (Å²) in [6.45, 7) is 8.46. The minimum atomic E-state index is -0.623. The fourth-order valence-electron chi connectivity index (χ4n) is 6.32. The molecule has 11 heteroatoms. The zero-order valence-corrected chi connectivity index (χ0v) is 24.7. The average molecular weight is 567 g/mol. The van der Waals surface area contributed by atoms with Gasteiger partial charge in [0.15, 0.2) is 11.5 Å². The van der Waals surface area contributed by atoms with Crippen molar-refractivity contribution < 1.29 is 14.6 Å². The number of nitrogens with zero attached hydrogens (tertiary/aromatic N) is 5. The number of hydrogen-bond acceptors (Lipinski definition) is 10. The molecule has 0 radical (unpaired) electrons. The predicted octanol–water partition coefficient (Wildman–Crippen LogP) is 2.82. The van der Waals surface area contributed by atoms with Crippen molar-refractivity contribution in [1.29, 1.82) is 0 Å². The summed E-state index contributed by atoms with van der Waals surface area (Å²) in [5.41, 5.74) is 8.38. The lowest BCUT2D eigenvalue weighted by Crippen LogP contribution is -2.52. The van der Waals surface area contributed by atoms with E-state index in [4.69, 9.17) is 15.5 Å². The van der Waals surface area contributed by atoms with Gasteiger partial charge in [0.2, 0.25) is 0 Å². The summed E-state index contributed by atoms with van der Waals surface area (Å²) >= 11 is 0. The molecule has 41 heavy (non-hydrogen) atoms. The van der Waals surface area contributed by atoms with Crippen molar-refractivity contribution in [1.82, 2.24) is 19.8 Å². The lowest BCUT2D eigenvalue weighted by atomic mass is 9.93. The summed E-state index contributed by atoms with van der Waals surface area (Å²) in [5, 5.41) is 16.8. The molecule has 1 amide bonds. The van der Waals surface area contributed by atoms with E-state index >= 15 is 0 Å². The van der Waals surface area contributed by atoms with Crippen LogP contribution in [0.2, 0.25) is 0 Å². The van der Waals surface area contributed by atoms with Crippen LogP contribution in [0.1, 0.15) is 61.6 Å². The van der Waals surface area contributed by atoms with E-state index in [-0.39, 0.29) is 17.8 Å². The molecule has 0 atom stereocenters. The van der Waals surface area contributed by atoms with Gasteiger partial charge in [-0.3, -0.25) is 9.69 Å². The van der Waals surface area contributed by atoms with E-state index in [0.717, 1.165) is 94.9 Å². The molecule has 2 aliphatic heterocycles. The number of nitrogens with one attached hydrogen (secondary N) is 2. The maximum absolute atomic E-state index is 12.4. The number of piperidine rings is 1. The van der Waals surface area contributed by atoms with Crippen molar-refractivity contribution in [3.8, 4) is 5.75 Å². The van der Waals surface area contributed by atoms with Crippen molar-refractivity contribution in [2.24, 2.45) is 5.73 Å². The van der Waals surface area contributed by atoms with Crippen LogP contribution in [-0.4, -0.2) is 102 Å². The summed E-state index contributed by atoms with van der Waals surface area (Å²) in [6.07, 6.45) is 5.86. The van der Waals surface area contributed by atoms with Crippen LogP contribution in [0.3, 0.4) is 0 Å². The Bertz CT molecular complexity index is 1190. The number of rotatable bonds is 9. The van der Waals surface area contributed by atoms with Crippen molar-refractivity contribution >= 4 is 28.9 Å². The van der Waals surface area contributed by atoms with E-state index in [2.05, 4.69) is 43.4 Å². The van der Waals surface area contributed by atoms with E-state index in [1.807, 2.05) is 19.1 Å². The average Bonchev–Trinajstić information content (AvgIpc) is 2.99. The number of nitrogens with two attached hydrogens (primary N) is 1. The summed E-state index contributed by atoms with van der Waals surface area (Å²) in [4.78, 5) is 29.3. The molecule has 1 aromatic heterocycles. The number of methoxy groups -OCH3 is 1. The van der Waals surface area contributed by atoms with Gasteiger partial charge in [0.25, 0.3) is 5.91 Å². The van der Waals surface area contributed by atoms with E-state index in [1.54, 1.807) is 7.11 Å². The molecule has 3 aliphatic rings. The second kappa shape index (κ2) is 13.2. The minimum absolute atomic E-state index is 0.122.